The van der Waals surface area contributed by atoms with Gasteiger partial charge in [-0.3, -0.25) is 4.79 Å². The van der Waals surface area contributed by atoms with Gasteiger partial charge in [-0.25, -0.2) is 4.39 Å². The van der Waals surface area contributed by atoms with E-state index in [0.717, 1.165) is 24.9 Å². The van der Waals surface area contributed by atoms with Crippen molar-refractivity contribution < 1.29 is 9.18 Å². The molecule has 1 aliphatic heterocycles. The molecule has 1 aliphatic rings. The van der Waals surface area contributed by atoms with Crippen LogP contribution in [0.2, 0.25) is 0 Å². The van der Waals surface area contributed by atoms with Crippen molar-refractivity contribution in [3.63, 3.8) is 0 Å². The Morgan fingerprint density at radius 1 is 1.59 bits per heavy atom. The maximum absolute atomic E-state index is 13.0. The van der Waals surface area contributed by atoms with E-state index >= 15 is 0 Å². The number of hydrogen-bond acceptors (Lipinski definition) is 2. The van der Waals surface area contributed by atoms with Crippen LogP contribution in [0, 0.1) is 5.82 Å². The van der Waals surface area contributed by atoms with Crippen LogP contribution in [0.1, 0.15) is 31.4 Å². The Labute approximate surface area is 100 Å². The smallest absolute Gasteiger partial charge is 0.237 e. The number of carbonyl (C=O) groups excluding carboxylic acids is 1. The molecule has 1 aromatic carbocycles. The highest BCUT2D eigenvalue weighted by Gasteiger charge is 2.23. The molecule has 1 amide bonds. The van der Waals surface area contributed by atoms with Crippen LogP contribution >= 0.6 is 0 Å². The van der Waals surface area contributed by atoms with Crippen molar-refractivity contribution in [3.05, 3.63) is 35.6 Å². The Balaban J connectivity index is 1.96. The lowest BCUT2D eigenvalue weighted by molar-refractivity contribution is -0.123. The normalized spacial score (nSPS) is 21.2. The minimum absolute atomic E-state index is 0.000684. The summed E-state index contributed by atoms with van der Waals surface area (Å²) in [5.41, 5.74) is 0.788. The van der Waals surface area contributed by atoms with E-state index in [-0.39, 0.29) is 23.8 Å². The monoisotopic (exact) mass is 236 g/mol. The van der Waals surface area contributed by atoms with Crippen LogP contribution in [0.3, 0.4) is 0 Å². The molecule has 1 aromatic rings. The molecule has 1 unspecified atom stereocenters. The zero-order chi connectivity index (χ0) is 12.3. The molecule has 0 radical (unpaired) electrons. The van der Waals surface area contributed by atoms with Gasteiger partial charge in [0.1, 0.15) is 5.82 Å². The quantitative estimate of drug-likeness (QED) is 0.839. The number of hydrogen-bond donors (Lipinski definition) is 2. The van der Waals surface area contributed by atoms with Gasteiger partial charge in [-0.15, -0.1) is 0 Å². The Morgan fingerprint density at radius 3 is 3.06 bits per heavy atom. The second-order valence-corrected chi connectivity index (χ2v) is 4.43. The molecule has 0 bridgehead atoms. The van der Waals surface area contributed by atoms with Crippen LogP contribution in [0.4, 0.5) is 4.39 Å². The Morgan fingerprint density at radius 2 is 2.41 bits per heavy atom. The summed E-state index contributed by atoms with van der Waals surface area (Å²) in [6, 6.07) is 6.06. The van der Waals surface area contributed by atoms with Crippen LogP contribution < -0.4 is 10.6 Å². The number of nitrogens with one attached hydrogen (secondary N) is 2. The fraction of sp³-hybridized carbons (Fsp3) is 0.462. The van der Waals surface area contributed by atoms with E-state index in [0.29, 0.717) is 0 Å². The molecule has 1 heterocycles. The molecule has 2 N–H and O–H groups in total. The minimum atomic E-state index is -0.275. The van der Waals surface area contributed by atoms with E-state index in [1.165, 1.54) is 12.1 Å². The Kier molecular flexibility index (Phi) is 3.74. The van der Waals surface area contributed by atoms with E-state index in [9.17, 15) is 9.18 Å². The molecule has 0 saturated carbocycles. The summed E-state index contributed by atoms with van der Waals surface area (Å²) < 4.78 is 13.0. The van der Waals surface area contributed by atoms with Gasteiger partial charge in [0.15, 0.2) is 0 Å². The average Bonchev–Trinajstić information content (AvgIpc) is 2.82. The van der Waals surface area contributed by atoms with Crippen molar-refractivity contribution in [1.29, 1.82) is 0 Å². The third kappa shape index (κ3) is 3.03. The second-order valence-electron chi connectivity index (χ2n) is 4.43. The molecule has 1 saturated heterocycles. The Bertz CT molecular complexity index is 402. The molecule has 1 fully saturated rings. The summed E-state index contributed by atoms with van der Waals surface area (Å²) >= 11 is 0. The predicted octanol–water partition coefficient (Wildman–Crippen LogP) is 1.75. The summed E-state index contributed by atoms with van der Waals surface area (Å²) in [4.78, 5) is 11.8. The van der Waals surface area contributed by atoms with Crippen LogP contribution in [-0.2, 0) is 4.79 Å². The van der Waals surface area contributed by atoms with Gasteiger partial charge in [0.2, 0.25) is 5.91 Å². The van der Waals surface area contributed by atoms with E-state index in [2.05, 4.69) is 10.6 Å². The fourth-order valence-electron chi connectivity index (χ4n) is 2.08. The fourth-order valence-corrected chi connectivity index (χ4v) is 2.08. The molecule has 0 aliphatic carbocycles. The first kappa shape index (κ1) is 12.0. The van der Waals surface area contributed by atoms with Crippen molar-refractivity contribution in [2.45, 2.75) is 31.8 Å². The molecule has 3 nitrogen and oxygen atoms in total. The van der Waals surface area contributed by atoms with Gasteiger partial charge in [-0.05, 0) is 44.0 Å². The summed E-state index contributed by atoms with van der Waals surface area (Å²) in [5, 5.41) is 6.04. The van der Waals surface area contributed by atoms with Gasteiger partial charge in [0.25, 0.3) is 0 Å². The average molecular weight is 236 g/mol. The summed E-state index contributed by atoms with van der Waals surface area (Å²) in [5.74, 6) is -0.276. The van der Waals surface area contributed by atoms with Crippen molar-refractivity contribution in [3.8, 4) is 0 Å². The molecule has 0 spiro atoms. The van der Waals surface area contributed by atoms with Crippen LogP contribution in [-0.4, -0.2) is 18.5 Å². The second kappa shape index (κ2) is 5.27. The van der Waals surface area contributed by atoms with Gasteiger partial charge in [-0.1, -0.05) is 12.1 Å². The van der Waals surface area contributed by atoms with E-state index < -0.39 is 0 Å². The van der Waals surface area contributed by atoms with E-state index in [4.69, 9.17) is 0 Å². The van der Waals surface area contributed by atoms with Crippen molar-refractivity contribution in [2.75, 3.05) is 6.54 Å². The third-order valence-corrected chi connectivity index (χ3v) is 3.08. The predicted molar refractivity (Wildman–Crippen MR) is 64.0 cm³/mol. The molecule has 2 atom stereocenters. The highest BCUT2D eigenvalue weighted by molar-refractivity contribution is 5.82. The number of amides is 1. The maximum Gasteiger partial charge on any atom is 0.237 e. The first-order valence-corrected chi connectivity index (χ1v) is 5.96. The van der Waals surface area contributed by atoms with Gasteiger partial charge in [-0.2, -0.15) is 0 Å². The highest BCUT2D eigenvalue weighted by Crippen LogP contribution is 2.14. The molecule has 92 valence electrons. The van der Waals surface area contributed by atoms with Gasteiger partial charge >= 0.3 is 0 Å². The van der Waals surface area contributed by atoms with Crippen LogP contribution in [0.5, 0.6) is 0 Å². The maximum atomic E-state index is 13.0. The summed E-state index contributed by atoms with van der Waals surface area (Å²) in [6.45, 7) is 2.76. The number of benzene rings is 1. The highest BCUT2D eigenvalue weighted by atomic mass is 19.1. The summed E-state index contributed by atoms with van der Waals surface area (Å²) in [7, 11) is 0. The number of rotatable bonds is 3. The minimum Gasteiger partial charge on any atom is -0.348 e. The zero-order valence-electron chi connectivity index (χ0n) is 9.87. The van der Waals surface area contributed by atoms with Gasteiger partial charge < -0.3 is 10.6 Å². The first-order valence-electron chi connectivity index (χ1n) is 5.96. The largest absolute Gasteiger partial charge is 0.348 e. The molecule has 0 aromatic heterocycles. The molecular formula is C13H17FN2O. The van der Waals surface area contributed by atoms with Gasteiger partial charge in [0, 0.05) is 0 Å². The topological polar surface area (TPSA) is 41.1 Å². The van der Waals surface area contributed by atoms with Crippen LogP contribution in [0.15, 0.2) is 24.3 Å². The summed E-state index contributed by atoms with van der Waals surface area (Å²) in [6.07, 6.45) is 1.91. The molecular weight excluding hydrogens is 219 g/mol. The van der Waals surface area contributed by atoms with Gasteiger partial charge in [0.05, 0.1) is 12.1 Å². The lowest BCUT2D eigenvalue weighted by Crippen LogP contribution is -2.41. The molecule has 2 rings (SSSR count). The lowest BCUT2D eigenvalue weighted by atomic mass is 10.1. The van der Waals surface area contributed by atoms with E-state index in [1.807, 2.05) is 13.0 Å². The van der Waals surface area contributed by atoms with Crippen LogP contribution in [0.25, 0.3) is 0 Å². The molecule has 17 heavy (non-hydrogen) atoms. The SMILES string of the molecule is C[C@@H](NC(=O)C1CCCN1)c1cccc(F)c1. The standard InChI is InChI=1S/C13H17FN2O/c1-9(10-4-2-5-11(14)8-10)16-13(17)12-6-3-7-15-12/h2,4-5,8-9,12,15H,3,6-7H2,1H3,(H,16,17)/t9-,12?/m1/s1. The number of carbonyl (C=O) groups is 1. The van der Waals surface area contributed by atoms with Crippen molar-refractivity contribution in [1.82, 2.24) is 10.6 Å². The van der Waals surface area contributed by atoms with Crippen molar-refractivity contribution >= 4 is 5.91 Å². The lowest BCUT2D eigenvalue weighted by Gasteiger charge is -2.17. The van der Waals surface area contributed by atoms with E-state index in [1.54, 1.807) is 6.07 Å². The first-order chi connectivity index (χ1) is 8.16. The van der Waals surface area contributed by atoms with Crippen molar-refractivity contribution in [2.24, 2.45) is 0 Å². The Hall–Kier alpha value is -1.42. The zero-order valence-corrected chi connectivity index (χ0v) is 9.87. The molecule has 4 heteroatoms. The number of halogens is 1. The third-order valence-electron chi connectivity index (χ3n) is 3.08.